The number of rotatable bonds is 6. The first-order valence-electron chi connectivity index (χ1n) is 9.12. The Labute approximate surface area is 160 Å². The Bertz CT molecular complexity index is 892. The van der Waals surface area contributed by atoms with Gasteiger partial charge in [0.1, 0.15) is 5.76 Å². The van der Waals surface area contributed by atoms with Crippen LogP contribution in [0.1, 0.15) is 34.5 Å². The monoisotopic (exact) mass is 390 g/mol. The van der Waals surface area contributed by atoms with Gasteiger partial charge in [-0.1, -0.05) is 29.8 Å². The largest absolute Gasteiger partial charge is 0.447 e. The second-order valence-electron chi connectivity index (χ2n) is 7.29. The van der Waals surface area contributed by atoms with E-state index in [1.54, 1.807) is 6.07 Å². The summed E-state index contributed by atoms with van der Waals surface area (Å²) in [6.45, 7) is 4.14. The number of likely N-dealkylation sites (tertiary alicyclic amines) is 1. The average molecular weight is 391 g/mol. The van der Waals surface area contributed by atoms with Crippen LogP contribution in [-0.2, 0) is 16.6 Å². The molecule has 0 bridgehead atoms. The van der Waals surface area contributed by atoms with Crippen molar-refractivity contribution in [3.8, 4) is 0 Å². The highest BCUT2D eigenvalue weighted by molar-refractivity contribution is 7.88. The van der Waals surface area contributed by atoms with Crippen LogP contribution in [0.3, 0.4) is 0 Å². The van der Waals surface area contributed by atoms with E-state index in [1.165, 1.54) is 20.2 Å². The van der Waals surface area contributed by atoms with Gasteiger partial charge in [0.2, 0.25) is 5.09 Å². The number of sulfonamides is 1. The summed E-state index contributed by atoms with van der Waals surface area (Å²) in [5.41, 5.74) is 1.93. The van der Waals surface area contributed by atoms with Gasteiger partial charge in [-0.25, -0.2) is 12.7 Å². The lowest BCUT2D eigenvalue weighted by Crippen LogP contribution is -2.35. The predicted molar refractivity (Wildman–Crippen MR) is 103 cm³/mol. The minimum atomic E-state index is -3.55. The summed E-state index contributed by atoms with van der Waals surface area (Å²) in [7, 11) is -0.588. The quantitative estimate of drug-likeness (QED) is 0.709. The molecule has 3 rings (SSSR count). The van der Waals surface area contributed by atoms with E-state index in [1.807, 2.05) is 31.2 Å². The van der Waals surface area contributed by atoms with E-state index in [-0.39, 0.29) is 16.8 Å². The van der Waals surface area contributed by atoms with E-state index in [4.69, 9.17) is 4.42 Å². The molecule has 0 spiro atoms. The Morgan fingerprint density at radius 2 is 1.74 bits per heavy atom. The maximum Gasteiger partial charge on any atom is 0.275 e. The van der Waals surface area contributed by atoms with E-state index in [9.17, 15) is 13.2 Å². The third kappa shape index (κ3) is 4.48. The Kier molecular flexibility index (Phi) is 5.83. The summed E-state index contributed by atoms with van der Waals surface area (Å²) < 4.78 is 30.9. The smallest absolute Gasteiger partial charge is 0.275 e. The molecule has 0 unspecified atom stereocenters. The van der Waals surface area contributed by atoms with Gasteiger partial charge in [-0.3, -0.25) is 9.69 Å². The standard InChI is InChI=1S/C20H26N2O4S/c1-15-4-6-16(7-5-15)20(23)17-10-12-22(13-11-17)14-18-8-9-19(26-18)27(24,25)21(2)3/h4-9,17H,10-14H2,1-3H3. The minimum absolute atomic E-state index is 0.0352. The van der Waals surface area contributed by atoms with Gasteiger partial charge in [-0.05, 0) is 45.0 Å². The summed E-state index contributed by atoms with van der Waals surface area (Å²) in [6, 6.07) is 11.0. The highest BCUT2D eigenvalue weighted by Gasteiger charge is 2.27. The number of hydrogen-bond acceptors (Lipinski definition) is 5. The molecular formula is C20H26N2O4S. The zero-order valence-corrected chi connectivity index (χ0v) is 16.8. The van der Waals surface area contributed by atoms with Gasteiger partial charge in [0.05, 0.1) is 6.54 Å². The summed E-state index contributed by atoms with van der Waals surface area (Å²) in [5, 5.41) is -0.0352. The number of piperidine rings is 1. The Morgan fingerprint density at radius 1 is 1.11 bits per heavy atom. The highest BCUT2D eigenvalue weighted by Crippen LogP contribution is 2.24. The second kappa shape index (κ2) is 7.96. The minimum Gasteiger partial charge on any atom is -0.447 e. The van der Waals surface area contributed by atoms with E-state index in [0.717, 1.165) is 41.4 Å². The number of nitrogens with zero attached hydrogens (tertiary/aromatic N) is 2. The van der Waals surface area contributed by atoms with E-state index in [2.05, 4.69) is 4.90 Å². The van der Waals surface area contributed by atoms with Crippen LogP contribution in [0, 0.1) is 12.8 Å². The van der Waals surface area contributed by atoms with Crippen LogP contribution in [-0.4, -0.2) is 50.6 Å². The number of benzene rings is 1. The molecule has 1 aromatic carbocycles. The number of Topliss-reactive ketones (excluding diaryl/α,β-unsaturated/α-hetero) is 1. The van der Waals surface area contributed by atoms with Crippen LogP contribution in [0.5, 0.6) is 0 Å². The normalized spacial score (nSPS) is 16.7. The molecule has 0 radical (unpaired) electrons. The molecule has 1 aliphatic rings. The van der Waals surface area contributed by atoms with Crippen LogP contribution < -0.4 is 0 Å². The molecule has 1 saturated heterocycles. The first-order chi connectivity index (χ1) is 12.8. The van der Waals surface area contributed by atoms with Crippen LogP contribution >= 0.6 is 0 Å². The molecule has 0 amide bonds. The molecule has 27 heavy (non-hydrogen) atoms. The van der Waals surface area contributed by atoms with Gasteiger partial charge >= 0.3 is 0 Å². The lowest BCUT2D eigenvalue weighted by atomic mass is 9.88. The van der Waals surface area contributed by atoms with Crippen LogP contribution in [0.15, 0.2) is 45.9 Å². The number of carbonyl (C=O) groups is 1. The van der Waals surface area contributed by atoms with Gasteiger partial charge < -0.3 is 4.42 Å². The highest BCUT2D eigenvalue weighted by atomic mass is 32.2. The van der Waals surface area contributed by atoms with Crippen molar-refractivity contribution in [1.29, 1.82) is 0 Å². The zero-order valence-electron chi connectivity index (χ0n) is 16.0. The van der Waals surface area contributed by atoms with Gasteiger partial charge in [0.25, 0.3) is 10.0 Å². The van der Waals surface area contributed by atoms with Crippen molar-refractivity contribution >= 4 is 15.8 Å². The summed E-state index contributed by atoms with van der Waals surface area (Å²) in [6.07, 6.45) is 1.60. The molecule has 2 heterocycles. The average Bonchev–Trinajstić information content (AvgIpc) is 3.11. The summed E-state index contributed by atoms with van der Waals surface area (Å²) >= 11 is 0. The summed E-state index contributed by atoms with van der Waals surface area (Å²) in [4.78, 5) is 14.8. The fraction of sp³-hybridized carbons (Fsp3) is 0.450. The van der Waals surface area contributed by atoms with Gasteiger partial charge in [-0.15, -0.1) is 0 Å². The van der Waals surface area contributed by atoms with Crippen molar-refractivity contribution in [1.82, 2.24) is 9.21 Å². The number of carbonyl (C=O) groups excluding carboxylic acids is 1. The van der Waals surface area contributed by atoms with Crippen LogP contribution in [0.25, 0.3) is 0 Å². The van der Waals surface area contributed by atoms with Gasteiger partial charge in [-0.2, -0.15) is 0 Å². The van der Waals surface area contributed by atoms with Crippen molar-refractivity contribution in [2.45, 2.75) is 31.4 Å². The number of furan rings is 1. The molecule has 2 aromatic rings. The van der Waals surface area contributed by atoms with Crippen molar-refractivity contribution < 1.29 is 17.6 Å². The second-order valence-corrected chi connectivity index (χ2v) is 9.37. The Balaban J connectivity index is 1.56. The maximum absolute atomic E-state index is 12.6. The fourth-order valence-corrected chi connectivity index (χ4v) is 4.10. The molecule has 1 aromatic heterocycles. The van der Waals surface area contributed by atoms with Crippen molar-refractivity contribution in [2.24, 2.45) is 5.92 Å². The Morgan fingerprint density at radius 3 is 2.33 bits per heavy atom. The molecule has 1 aliphatic heterocycles. The molecule has 1 fully saturated rings. The maximum atomic E-state index is 12.6. The SMILES string of the molecule is Cc1ccc(C(=O)C2CCN(Cc3ccc(S(=O)(=O)N(C)C)o3)CC2)cc1. The van der Waals surface area contributed by atoms with Crippen molar-refractivity contribution in [2.75, 3.05) is 27.2 Å². The topological polar surface area (TPSA) is 70.8 Å². The van der Waals surface area contributed by atoms with Crippen molar-refractivity contribution in [3.63, 3.8) is 0 Å². The van der Waals surface area contributed by atoms with Crippen molar-refractivity contribution in [3.05, 3.63) is 53.3 Å². The zero-order chi connectivity index (χ0) is 19.6. The lowest BCUT2D eigenvalue weighted by Gasteiger charge is -2.30. The third-order valence-electron chi connectivity index (χ3n) is 5.05. The molecule has 0 N–H and O–H groups in total. The molecule has 0 saturated carbocycles. The number of ketones is 1. The molecular weight excluding hydrogens is 364 g/mol. The van der Waals surface area contributed by atoms with E-state index in [0.29, 0.717) is 12.3 Å². The van der Waals surface area contributed by atoms with E-state index < -0.39 is 10.0 Å². The van der Waals surface area contributed by atoms with Crippen LogP contribution in [0.2, 0.25) is 0 Å². The lowest BCUT2D eigenvalue weighted by molar-refractivity contribution is 0.0828. The predicted octanol–water partition coefficient (Wildman–Crippen LogP) is 2.93. The molecule has 6 nitrogen and oxygen atoms in total. The third-order valence-corrected chi connectivity index (χ3v) is 6.74. The van der Waals surface area contributed by atoms with Gasteiger partial charge in [0, 0.05) is 25.6 Å². The first kappa shape index (κ1) is 19.8. The molecule has 0 aliphatic carbocycles. The fourth-order valence-electron chi connectivity index (χ4n) is 3.29. The van der Waals surface area contributed by atoms with Gasteiger partial charge in [0.15, 0.2) is 5.78 Å². The molecule has 146 valence electrons. The molecule has 7 heteroatoms. The number of hydrogen-bond donors (Lipinski definition) is 0. The van der Waals surface area contributed by atoms with E-state index >= 15 is 0 Å². The van der Waals surface area contributed by atoms with Crippen LogP contribution in [0.4, 0.5) is 0 Å². The molecule has 0 atom stereocenters. The number of aryl methyl sites for hydroxylation is 1. The Hall–Kier alpha value is -1.96. The summed E-state index contributed by atoms with van der Waals surface area (Å²) in [5.74, 6) is 0.885. The first-order valence-corrected chi connectivity index (χ1v) is 10.6.